The van der Waals surface area contributed by atoms with Gasteiger partial charge in [-0.25, -0.2) is 8.51 Å². The number of nitrogens with zero attached hydrogens (tertiary/aromatic N) is 3. The third-order valence-corrected chi connectivity index (χ3v) is 6.59. The molecule has 3 aromatic rings. The van der Waals surface area contributed by atoms with Crippen LogP contribution in [0.4, 0.5) is 0 Å². The minimum absolute atomic E-state index is 0.103. The molecule has 0 aliphatic carbocycles. The van der Waals surface area contributed by atoms with E-state index in [9.17, 15) is 4.21 Å². The van der Waals surface area contributed by atoms with Crippen molar-refractivity contribution in [1.82, 2.24) is 14.3 Å². The van der Waals surface area contributed by atoms with Gasteiger partial charge in [0, 0.05) is 31.9 Å². The molecule has 0 saturated carbocycles. The molecule has 3 rings (SSSR count). The Morgan fingerprint density at radius 2 is 1.39 bits per heavy atom. The smallest absolute Gasteiger partial charge is 0.118 e. The number of rotatable bonds is 10. The van der Waals surface area contributed by atoms with E-state index in [-0.39, 0.29) is 5.25 Å². The van der Waals surface area contributed by atoms with Crippen molar-refractivity contribution in [2.24, 2.45) is 0 Å². The summed E-state index contributed by atoms with van der Waals surface area (Å²) in [6, 6.07) is 15.7. The normalized spacial score (nSPS) is 13.1. The molecule has 0 amide bonds. The standard InChI is InChI=1S/C24H29N3O3S/c1-18-14-26-22(15-25-18)13-19(2)31(28)27(16-20-5-9-23(29-3)10-6-20)17-21-7-11-24(30-4)12-8-21/h5-12,14-15,19H,13,16-17H2,1-4H3. The van der Waals surface area contributed by atoms with E-state index >= 15 is 0 Å². The molecule has 164 valence electrons. The molecule has 0 bridgehead atoms. The molecule has 0 aliphatic rings. The molecule has 0 aliphatic heterocycles. The van der Waals surface area contributed by atoms with Crippen molar-refractivity contribution in [1.29, 1.82) is 0 Å². The van der Waals surface area contributed by atoms with Gasteiger partial charge in [-0.2, -0.15) is 0 Å². The molecular formula is C24H29N3O3S. The predicted octanol–water partition coefficient (Wildman–Crippen LogP) is 4.10. The van der Waals surface area contributed by atoms with Crippen molar-refractivity contribution in [3.63, 3.8) is 0 Å². The van der Waals surface area contributed by atoms with E-state index in [2.05, 4.69) is 9.97 Å². The first-order valence-electron chi connectivity index (χ1n) is 10.2. The third-order valence-electron chi connectivity index (χ3n) is 4.97. The molecular weight excluding hydrogens is 410 g/mol. The van der Waals surface area contributed by atoms with Gasteiger partial charge < -0.3 is 9.47 Å². The lowest BCUT2D eigenvalue weighted by molar-refractivity contribution is 0.411. The second-order valence-electron chi connectivity index (χ2n) is 7.43. The SMILES string of the molecule is COc1ccc(CN(Cc2ccc(OC)cc2)S(=O)C(C)Cc2cnc(C)cn2)cc1. The maximum atomic E-state index is 13.5. The largest absolute Gasteiger partial charge is 0.497 e. The molecule has 2 atom stereocenters. The van der Waals surface area contributed by atoms with E-state index in [1.807, 2.05) is 66.7 Å². The molecule has 0 saturated heterocycles. The summed E-state index contributed by atoms with van der Waals surface area (Å²) in [5.41, 5.74) is 3.87. The number of methoxy groups -OCH3 is 2. The van der Waals surface area contributed by atoms with Gasteiger partial charge in [-0.05, 0) is 49.2 Å². The Morgan fingerprint density at radius 1 is 0.871 bits per heavy atom. The van der Waals surface area contributed by atoms with Crippen molar-refractivity contribution in [2.45, 2.75) is 38.6 Å². The van der Waals surface area contributed by atoms with Gasteiger partial charge in [0.2, 0.25) is 0 Å². The highest BCUT2D eigenvalue weighted by Crippen LogP contribution is 2.20. The summed E-state index contributed by atoms with van der Waals surface area (Å²) >= 11 is 0. The lowest BCUT2D eigenvalue weighted by atomic mass is 10.2. The van der Waals surface area contributed by atoms with Crippen LogP contribution in [0.2, 0.25) is 0 Å². The Balaban J connectivity index is 1.77. The minimum Gasteiger partial charge on any atom is -0.497 e. The number of hydrogen-bond donors (Lipinski definition) is 0. The molecule has 0 radical (unpaired) electrons. The topological polar surface area (TPSA) is 64.6 Å². The first-order chi connectivity index (χ1) is 15.0. The lowest BCUT2D eigenvalue weighted by Crippen LogP contribution is -2.32. The van der Waals surface area contributed by atoms with Crippen LogP contribution in [-0.2, 0) is 30.5 Å². The number of aromatic nitrogens is 2. The lowest BCUT2D eigenvalue weighted by Gasteiger charge is -2.25. The van der Waals surface area contributed by atoms with Crippen LogP contribution in [0.15, 0.2) is 60.9 Å². The van der Waals surface area contributed by atoms with E-state index in [4.69, 9.17) is 9.47 Å². The summed E-state index contributed by atoms with van der Waals surface area (Å²) in [7, 11) is 2.08. The molecule has 0 spiro atoms. The Hall–Kier alpha value is -2.77. The van der Waals surface area contributed by atoms with Crippen LogP contribution in [0.3, 0.4) is 0 Å². The van der Waals surface area contributed by atoms with Gasteiger partial charge in [0.1, 0.15) is 11.5 Å². The summed E-state index contributed by atoms with van der Waals surface area (Å²) in [5.74, 6) is 1.61. The van der Waals surface area contributed by atoms with Crippen LogP contribution in [0, 0.1) is 6.92 Å². The van der Waals surface area contributed by atoms with Crippen LogP contribution < -0.4 is 9.47 Å². The van der Waals surface area contributed by atoms with Gasteiger partial charge in [0.25, 0.3) is 0 Å². The fourth-order valence-corrected chi connectivity index (χ4v) is 4.57. The summed E-state index contributed by atoms with van der Waals surface area (Å²) < 4.78 is 26.0. The maximum absolute atomic E-state index is 13.5. The Labute approximate surface area is 186 Å². The third kappa shape index (κ3) is 6.60. The van der Waals surface area contributed by atoms with Gasteiger partial charge in [-0.3, -0.25) is 9.97 Å². The highest BCUT2D eigenvalue weighted by Gasteiger charge is 2.21. The quantitative estimate of drug-likeness (QED) is 0.476. The molecule has 1 heterocycles. The molecule has 7 heteroatoms. The highest BCUT2D eigenvalue weighted by atomic mass is 32.2. The molecule has 1 aromatic heterocycles. The molecule has 0 fully saturated rings. The molecule has 2 aromatic carbocycles. The van der Waals surface area contributed by atoms with E-state index in [1.54, 1.807) is 26.6 Å². The zero-order valence-electron chi connectivity index (χ0n) is 18.4. The average Bonchev–Trinajstić information content (AvgIpc) is 2.80. The van der Waals surface area contributed by atoms with E-state index in [0.29, 0.717) is 19.5 Å². The van der Waals surface area contributed by atoms with Crippen molar-refractivity contribution >= 4 is 11.0 Å². The summed E-state index contributed by atoms with van der Waals surface area (Å²) in [6.07, 6.45) is 4.11. The van der Waals surface area contributed by atoms with E-state index < -0.39 is 11.0 Å². The summed E-state index contributed by atoms with van der Waals surface area (Å²) in [4.78, 5) is 8.73. The summed E-state index contributed by atoms with van der Waals surface area (Å²) in [5, 5.41) is -0.103. The molecule has 6 nitrogen and oxygen atoms in total. The van der Waals surface area contributed by atoms with Crippen molar-refractivity contribution in [2.75, 3.05) is 14.2 Å². The van der Waals surface area contributed by atoms with Gasteiger partial charge >= 0.3 is 0 Å². The summed E-state index contributed by atoms with van der Waals surface area (Å²) in [6.45, 7) is 5.02. The maximum Gasteiger partial charge on any atom is 0.118 e. The minimum atomic E-state index is -1.22. The van der Waals surface area contributed by atoms with E-state index in [0.717, 1.165) is 34.0 Å². The molecule has 31 heavy (non-hydrogen) atoms. The van der Waals surface area contributed by atoms with Gasteiger partial charge in [-0.1, -0.05) is 24.3 Å². The van der Waals surface area contributed by atoms with Crippen LogP contribution in [0.5, 0.6) is 11.5 Å². The van der Waals surface area contributed by atoms with Crippen molar-refractivity contribution in [3.8, 4) is 11.5 Å². The second kappa shape index (κ2) is 11.0. The fourth-order valence-electron chi connectivity index (χ4n) is 3.20. The van der Waals surface area contributed by atoms with Crippen molar-refractivity contribution < 1.29 is 13.7 Å². The molecule has 2 unspecified atom stereocenters. The molecule has 0 N–H and O–H groups in total. The number of hydrogen-bond acceptors (Lipinski definition) is 5. The predicted molar refractivity (Wildman–Crippen MR) is 123 cm³/mol. The highest BCUT2D eigenvalue weighted by molar-refractivity contribution is 7.83. The van der Waals surface area contributed by atoms with Crippen LogP contribution in [-0.4, -0.2) is 38.0 Å². The van der Waals surface area contributed by atoms with Crippen molar-refractivity contribution in [3.05, 3.63) is 83.4 Å². The Bertz CT molecular complexity index is 927. The monoisotopic (exact) mass is 439 g/mol. The van der Waals surface area contributed by atoms with E-state index in [1.165, 1.54) is 0 Å². The number of ether oxygens (including phenoxy) is 2. The fraction of sp³-hybridized carbons (Fsp3) is 0.333. The number of benzene rings is 2. The van der Waals surface area contributed by atoms with Crippen LogP contribution in [0.25, 0.3) is 0 Å². The Morgan fingerprint density at radius 3 is 1.81 bits per heavy atom. The first kappa shape index (κ1) is 22.9. The average molecular weight is 440 g/mol. The first-order valence-corrected chi connectivity index (χ1v) is 11.3. The van der Waals surface area contributed by atoms with Crippen LogP contribution in [0.1, 0.15) is 29.4 Å². The van der Waals surface area contributed by atoms with Gasteiger partial charge in [-0.15, -0.1) is 0 Å². The second-order valence-corrected chi connectivity index (χ2v) is 9.31. The Kier molecular flexibility index (Phi) is 8.14. The number of aryl methyl sites for hydroxylation is 1. The van der Waals surface area contributed by atoms with Gasteiger partial charge in [0.15, 0.2) is 0 Å². The van der Waals surface area contributed by atoms with Crippen LogP contribution >= 0.6 is 0 Å². The zero-order valence-corrected chi connectivity index (χ0v) is 19.3. The van der Waals surface area contributed by atoms with Gasteiger partial charge in [0.05, 0.1) is 41.8 Å². The zero-order chi connectivity index (χ0) is 22.2.